The molecule has 2 heterocycles. The highest BCUT2D eigenvalue weighted by atomic mass is 19.3. The smallest absolute Gasteiger partial charge is 0.245 e. The van der Waals surface area contributed by atoms with E-state index in [1.165, 1.54) is 0 Å². The second-order valence-electron chi connectivity index (χ2n) is 3.30. The van der Waals surface area contributed by atoms with E-state index in [0.717, 1.165) is 0 Å². The van der Waals surface area contributed by atoms with Crippen LogP contribution in [-0.2, 0) is 4.74 Å². The van der Waals surface area contributed by atoms with E-state index in [0.29, 0.717) is 0 Å². The molecule has 0 amide bonds. The number of halogens is 2. The third kappa shape index (κ3) is 1.12. The maximum atomic E-state index is 12.3. The fourth-order valence-electron chi connectivity index (χ4n) is 1.90. The molecule has 0 aliphatic carbocycles. The quantitative estimate of drug-likeness (QED) is 0.575. The number of aliphatic hydroxyl groups is 1. The van der Waals surface area contributed by atoms with Crippen LogP contribution in [0.4, 0.5) is 8.78 Å². The van der Waals surface area contributed by atoms with Gasteiger partial charge < -0.3 is 15.2 Å². The molecule has 70 valence electrons. The lowest BCUT2D eigenvalue weighted by Crippen LogP contribution is -2.36. The summed E-state index contributed by atoms with van der Waals surface area (Å²) in [5, 5.41) is 12.1. The van der Waals surface area contributed by atoms with E-state index in [-0.39, 0.29) is 19.2 Å². The first-order chi connectivity index (χ1) is 5.70. The molecule has 0 saturated carbocycles. The second kappa shape index (κ2) is 2.90. The van der Waals surface area contributed by atoms with Crippen molar-refractivity contribution in [3.05, 3.63) is 0 Å². The van der Waals surface area contributed by atoms with Gasteiger partial charge in [0.25, 0.3) is 0 Å². The molecule has 2 saturated heterocycles. The van der Waals surface area contributed by atoms with E-state index in [4.69, 9.17) is 4.74 Å². The normalized spacial score (nSPS) is 47.0. The van der Waals surface area contributed by atoms with E-state index < -0.39 is 24.6 Å². The number of alkyl halides is 2. The van der Waals surface area contributed by atoms with E-state index in [1.54, 1.807) is 0 Å². The molecule has 2 aliphatic rings. The highest BCUT2D eigenvalue weighted by molar-refractivity contribution is 5.00. The number of hydrogen-bond donors (Lipinski definition) is 2. The SMILES string of the molecule is OC1COC2C(C(F)F)CNC12. The maximum Gasteiger partial charge on any atom is 0.245 e. The van der Waals surface area contributed by atoms with Crippen molar-refractivity contribution in [1.82, 2.24) is 5.32 Å². The summed E-state index contributed by atoms with van der Waals surface area (Å²) in [7, 11) is 0. The number of ether oxygens (including phenoxy) is 1. The van der Waals surface area contributed by atoms with Crippen molar-refractivity contribution < 1.29 is 18.6 Å². The van der Waals surface area contributed by atoms with Gasteiger partial charge in [0.1, 0.15) is 0 Å². The van der Waals surface area contributed by atoms with Crippen molar-refractivity contribution in [3.8, 4) is 0 Å². The van der Waals surface area contributed by atoms with Crippen molar-refractivity contribution in [3.63, 3.8) is 0 Å². The minimum absolute atomic E-state index is 0.172. The van der Waals surface area contributed by atoms with Crippen molar-refractivity contribution in [2.75, 3.05) is 13.2 Å². The number of hydrogen-bond acceptors (Lipinski definition) is 3. The summed E-state index contributed by atoms with van der Waals surface area (Å²) in [5.41, 5.74) is 0. The third-order valence-corrected chi connectivity index (χ3v) is 2.56. The number of fused-ring (bicyclic) bond motifs is 1. The monoisotopic (exact) mass is 179 g/mol. The Morgan fingerprint density at radius 2 is 2.25 bits per heavy atom. The van der Waals surface area contributed by atoms with Crippen LogP contribution in [0.25, 0.3) is 0 Å². The molecule has 2 N–H and O–H groups in total. The Kier molecular flexibility index (Phi) is 2.02. The Bertz CT molecular complexity index is 179. The van der Waals surface area contributed by atoms with Gasteiger partial charge in [-0.05, 0) is 0 Å². The molecular formula is C7H11F2NO2. The molecule has 0 aromatic heterocycles. The van der Waals surface area contributed by atoms with Crippen LogP contribution >= 0.6 is 0 Å². The van der Waals surface area contributed by atoms with E-state index in [1.807, 2.05) is 0 Å². The zero-order valence-electron chi connectivity index (χ0n) is 6.41. The predicted octanol–water partition coefficient (Wildman–Crippen LogP) is -0.401. The van der Waals surface area contributed by atoms with Gasteiger partial charge in [0.05, 0.1) is 30.8 Å². The summed E-state index contributed by atoms with van der Waals surface area (Å²) in [4.78, 5) is 0. The van der Waals surface area contributed by atoms with Crippen LogP contribution in [0.5, 0.6) is 0 Å². The van der Waals surface area contributed by atoms with Crippen molar-refractivity contribution in [1.29, 1.82) is 0 Å². The molecule has 12 heavy (non-hydrogen) atoms. The largest absolute Gasteiger partial charge is 0.389 e. The molecule has 2 fully saturated rings. The average molecular weight is 179 g/mol. The molecule has 2 rings (SSSR count). The summed E-state index contributed by atoms with van der Waals surface area (Å²) in [6.07, 6.45) is -3.49. The highest BCUT2D eigenvalue weighted by Crippen LogP contribution is 2.30. The Hall–Kier alpha value is -0.260. The van der Waals surface area contributed by atoms with Crippen LogP contribution in [0.2, 0.25) is 0 Å². The van der Waals surface area contributed by atoms with Gasteiger partial charge >= 0.3 is 0 Å². The number of rotatable bonds is 1. The molecule has 4 unspecified atom stereocenters. The molecule has 0 radical (unpaired) electrons. The van der Waals surface area contributed by atoms with Gasteiger partial charge in [-0.25, -0.2) is 8.78 Å². The molecule has 0 bridgehead atoms. The van der Waals surface area contributed by atoms with Crippen LogP contribution in [0.3, 0.4) is 0 Å². The van der Waals surface area contributed by atoms with Gasteiger partial charge in [-0.3, -0.25) is 0 Å². The van der Waals surface area contributed by atoms with Gasteiger partial charge in [-0.2, -0.15) is 0 Å². The first-order valence-corrected chi connectivity index (χ1v) is 4.01. The molecule has 4 atom stereocenters. The number of aliphatic hydroxyl groups excluding tert-OH is 1. The molecular weight excluding hydrogens is 168 g/mol. The molecule has 5 heteroatoms. The molecule has 0 aromatic carbocycles. The summed E-state index contributed by atoms with van der Waals surface area (Å²) < 4.78 is 29.7. The summed E-state index contributed by atoms with van der Waals surface area (Å²) in [6, 6.07) is -0.288. The lowest BCUT2D eigenvalue weighted by Gasteiger charge is -2.15. The Morgan fingerprint density at radius 1 is 1.50 bits per heavy atom. The van der Waals surface area contributed by atoms with Crippen LogP contribution < -0.4 is 5.32 Å². The lowest BCUT2D eigenvalue weighted by molar-refractivity contribution is -0.00722. The van der Waals surface area contributed by atoms with Crippen molar-refractivity contribution >= 4 is 0 Å². The van der Waals surface area contributed by atoms with E-state index >= 15 is 0 Å². The van der Waals surface area contributed by atoms with Gasteiger partial charge in [0.15, 0.2) is 0 Å². The lowest BCUT2D eigenvalue weighted by atomic mass is 10.0. The zero-order valence-corrected chi connectivity index (χ0v) is 6.41. The van der Waals surface area contributed by atoms with Gasteiger partial charge in [0, 0.05) is 6.54 Å². The molecule has 0 spiro atoms. The maximum absolute atomic E-state index is 12.3. The summed E-state index contributed by atoms with van der Waals surface area (Å²) in [5.74, 6) is -0.757. The zero-order chi connectivity index (χ0) is 8.72. The van der Waals surface area contributed by atoms with Gasteiger partial charge in [-0.1, -0.05) is 0 Å². The Morgan fingerprint density at radius 3 is 2.92 bits per heavy atom. The average Bonchev–Trinajstić information content (AvgIpc) is 2.53. The van der Waals surface area contributed by atoms with E-state index in [2.05, 4.69) is 5.32 Å². The predicted molar refractivity (Wildman–Crippen MR) is 37.0 cm³/mol. The fraction of sp³-hybridized carbons (Fsp3) is 1.00. The Balaban J connectivity index is 2.05. The Labute approximate surface area is 68.7 Å². The van der Waals surface area contributed by atoms with E-state index in [9.17, 15) is 13.9 Å². The van der Waals surface area contributed by atoms with Crippen LogP contribution in [0.1, 0.15) is 0 Å². The third-order valence-electron chi connectivity index (χ3n) is 2.56. The minimum Gasteiger partial charge on any atom is -0.389 e. The van der Waals surface area contributed by atoms with Crippen LogP contribution in [-0.4, -0.2) is 42.9 Å². The standard InChI is InChI=1S/C7H11F2NO2/c8-7(9)3-1-10-5-4(11)2-12-6(3)5/h3-7,10-11H,1-2H2. The summed E-state index contributed by atoms with van der Waals surface area (Å²) >= 11 is 0. The van der Waals surface area contributed by atoms with Gasteiger partial charge in [-0.15, -0.1) is 0 Å². The first kappa shape index (κ1) is 8.34. The summed E-state index contributed by atoms with van der Waals surface area (Å²) in [6.45, 7) is 0.412. The molecule has 2 aliphatic heterocycles. The van der Waals surface area contributed by atoms with Crippen molar-refractivity contribution in [2.45, 2.75) is 24.7 Å². The molecule has 0 aromatic rings. The van der Waals surface area contributed by atoms with Crippen LogP contribution in [0.15, 0.2) is 0 Å². The van der Waals surface area contributed by atoms with Crippen molar-refractivity contribution in [2.24, 2.45) is 5.92 Å². The second-order valence-corrected chi connectivity index (χ2v) is 3.30. The highest BCUT2D eigenvalue weighted by Gasteiger charge is 2.48. The molecule has 3 nitrogen and oxygen atoms in total. The fourth-order valence-corrected chi connectivity index (χ4v) is 1.90. The topological polar surface area (TPSA) is 41.5 Å². The first-order valence-electron chi connectivity index (χ1n) is 4.01. The minimum atomic E-state index is -2.36. The number of nitrogens with one attached hydrogen (secondary N) is 1. The van der Waals surface area contributed by atoms with Crippen LogP contribution in [0, 0.1) is 5.92 Å². The van der Waals surface area contributed by atoms with Gasteiger partial charge in [0.2, 0.25) is 6.43 Å².